The number of carbonyl (C=O) groups is 2. The lowest BCUT2D eigenvalue weighted by Crippen LogP contribution is -2.48. The maximum atomic E-state index is 13.2. The Morgan fingerprint density at radius 1 is 0.571 bits per heavy atom. The van der Waals surface area contributed by atoms with Gasteiger partial charge in [0.05, 0.1) is 26.9 Å². The molecule has 12 heteroatoms. The van der Waals surface area contributed by atoms with Crippen LogP contribution in [-0.2, 0) is 31.8 Å². The van der Waals surface area contributed by atoms with Gasteiger partial charge in [0.25, 0.3) is 0 Å². The number of hydrogen-bond acceptors (Lipinski definition) is 8. The van der Waals surface area contributed by atoms with Crippen LogP contribution in [0.5, 0.6) is 0 Å². The molecule has 10 nitrogen and oxygen atoms in total. The fourth-order valence-electron chi connectivity index (χ4n) is 4.73. The first kappa shape index (κ1) is 33.9. The molecule has 1 heterocycles. The van der Waals surface area contributed by atoms with Crippen LogP contribution >= 0.6 is 14.3 Å². The van der Waals surface area contributed by atoms with Gasteiger partial charge in [0.15, 0.2) is 0 Å². The topological polar surface area (TPSA) is 99.7 Å². The number of carbonyl (C=O) groups excluding carboxylic acids is 2. The molecule has 0 spiro atoms. The SMILES string of the molecule is CP(C)(=O)CN1CCN(C(=O)OCc2ccccc2)CCN(CP(C)(C)=O)CCN(C(=O)OCc2ccccc2)CC1. The predicted molar refractivity (Wildman–Crippen MR) is 168 cm³/mol. The summed E-state index contributed by atoms with van der Waals surface area (Å²) in [5.74, 6) is 0. The van der Waals surface area contributed by atoms with Crippen molar-refractivity contribution in [2.45, 2.75) is 13.2 Å². The summed E-state index contributed by atoms with van der Waals surface area (Å²) in [6.45, 7) is 10.7. The van der Waals surface area contributed by atoms with Crippen molar-refractivity contribution in [2.75, 3.05) is 91.6 Å². The Labute approximate surface area is 250 Å². The molecule has 1 fully saturated rings. The summed E-state index contributed by atoms with van der Waals surface area (Å²) in [5, 5.41) is 0. The summed E-state index contributed by atoms with van der Waals surface area (Å²) in [5.41, 5.74) is 1.80. The van der Waals surface area contributed by atoms with E-state index in [2.05, 4.69) is 0 Å². The molecule has 0 unspecified atom stereocenters. The van der Waals surface area contributed by atoms with Crippen LogP contribution in [-0.4, -0.2) is 123 Å². The van der Waals surface area contributed by atoms with Crippen molar-refractivity contribution in [3.63, 3.8) is 0 Å². The zero-order valence-corrected chi connectivity index (χ0v) is 27.2. The summed E-state index contributed by atoms with van der Waals surface area (Å²) < 4.78 is 36.9. The van der Waals surface area contributed by atoms with Gasteiger partial charge in [-0.25, -0.2) is 9.59 Å². The Kier molecular flexibility index (Phi) is 13.1. The number of ether oxygens (including phenoxy) is 2. The van der Waals surface area contributed by atoms with Crippen LogP contribution in [0.15, 0.2) is 60.7 Å². The van der Waals surface area contributed by atoms with E-state index in [0.29, 0.717) is 64.9 Å². The molecule has 3 rings (SSSR count). The smallest absolute Gasteiger partial charge is 0.410 e. The van der Waals surface area contributed by atoms with Crippen LogP contribution < -0.4 is 0 Å². The van der Waals surface area contributed by atoms with Gasteiger partial charge in [-0.15, -0.1) is 0 Å². The summed E-state index contributed by atoms with van der Waals surface area (Å²) in [6, 6.07) is 19.1. The normalized spacial score (nSPS) is 16.8. The van der Waals surface area contributed by atoms with E-state index in [-0.39, 0.29) is 13.2 Å². The summed E-state index contributed by atoms with van der Waals surface area (Å²) in [4.78, 5) is 33.8. The molecule has 0 bridgehead atoms. The van der Waals surface area contributed by atoms with Crippen LogP contribution in [0.2, 0.25) is 0 Å². The van der Waals surface area contributed by atoms with E-state index in [9.17, 15) is 18.7 Å². The Morgan fingerprint density at radius 2 is 0.881 bits per heavy atom. The molecule has 0 aromatic heterocycles. The number of rotatable bonds is 8. The molecule has 1 aliphatic rings. The highest BCUT2D eigenvalue weighted by Gasteiger charge is 2.25. The fourth-order valence-corrected chi connectivity index (χ4v) is 7.22. The van der Waals surface area contributed by atoms with Gasteiger partial charge in [-0.2, -0.15) is 0 Å². The molecule has 0 saturated carbocycles. The molecule has 1 saturated heterocycles. The Bertz CT molecular complexity index is 1110. The second-order valence-corrected chi connectivity index (χ2v) is 18.6. The first-order valence-corrected chi connectivity index (χ1v) is 19.9. The summed E-state index contributed by atoms with van der Waals surface area (Å²) in [7, 11) is -4.84. The van der Waals surface area contributed by atoms with Crippen molar-refractivity contribution in [2.24, 2.45) is 0 Å². The van der Waals surface area contributed by atoms with Crippen LogP contribution in [0, 0.1) is 0 Å². The highest BCUT2D eigenvalue weighted by Crippen LogP contribution is 2.37. The second kappa shape index (κ2) is 16.3. The largest absolute Gasteiger partial charge is 0.445 e. The molecule has 1 aliphatic heterocycles. The van der Waals surface area contributed by atoms with E-state index in [4.69, 9.17) is 9.47 Å². The molecule has 0 N–H and O–H groups in total. The fraction of sp³-hybridized carbons (Fsp3) is 0.533. The van der Waals surface area contributed by atoms with Gasteiger partial charge in [0, 0.05) is 52.4 Å². The molecule has 232 valence electrons. The van der Waals surface area contributed by atoms with Crippen LogP contribution in [0.4, 0.5) is 9.59 Å². The lowest BCUT2D eigenvalue weighted by atomic mass is 10.2. The third kappa shape index (κ3) is 13.1. The number of nitrogens with zero attached hydrogens (tertiary/aromatic N) is 4. The highest BCUT2D eigenvalue weighted by molar-refractivity contribution is 7.62. The van der Waals surface area contributed by atoms with Gasteiger partial charge >= 0.3 is 12.2 Å². The Hall–Kier alpha value is -2.64. The van der Waals surface area contributed by atoms with Crippen molar-refractivity contribution < 1.29 is 28.2 Å². The van der Waals surface area contributed by atoms with Crippen molar-refractivity contribution in [3.8, 4) is 0 Å². The molecule has 0 aliphatic carbocycles. The highest BCUT2D eigenvalue weighted by atomic mass is 31.2. The van der Waals surface area contributed by atoms with Gasteiger partial charge in [-0.05, 0) is 37.8 Å². The minimum atomic E-state index is -2.42. The monoisotopic (exact) mass is 620 g/mol. The average molecular weight is 621 g/mol. The van der Waals surface area contributed by atoms with E-state index < -0.39 is 26.5 Å². The second-order valence-electron chi connectivity index (χ2n) is 11.7. The van der Waals surface area contributed by atoms with Crippen LogP contribution in [0.25, 0.3) is 0 Å². The minimum Gasteiger partial charge on any atom is -0.445 e. The van der Waals surface area contributed by atoms with Gasteiger partial charge in [0.2, 0.25) is 0 Å². The predicted octanol–water partition coefficient (Wildman–Crippen LogP) is 5.04. The van der Waals surface area contributed by atoms with Gasteiger partial charge < -0.3 is 28.4 Å². The lowest BCUT2D eigenvalue weighted by molar-refractivity contribution is 0.0760. The average Bonchev–Trinajstić information content (AvgIpc) is 2.93. The summed E-state index contributed by atoms with van der Waals surface area (Å²) in [6.07, 6.45) is -0.106. The molecule has 2 aromatic carbocycles. The standard InChI is InChI=1S/C30H46N4O6P2/c1-41(2,37)25-31-15-19-33(29(35)39-23-27-11-7-5-8-12-27)21-17-32(26-42(3,4)38)18-22-34(20-16-31)30(36)40-24-28-13-9-6-10-14-28/h5-14H,15-26H2,1-4H3. The molecule has 0 atom stereocenters. The first-order valence-electron chi connectivity index (χ1n) is 14.3. The van der Waals surface area contributed by atoms with Crippen molar-refractivity contribution >= 4 is 26.5 Å². The van der Waals surface area contributed by atoms with E-state index in [1.165, 1.54) is 0 Å². The quantitative estimate of drug-likeness (QED) is 0.379. The van der Waals surface area contributed by atoms with E-state index in [1.807, 2.05) is 70.5 Å². The van der Waals surface area contributed by atoms with Gasteiger partial charge in [-0.1, -0.05) is 60.7 Å². The van der Waals surface area contributed by atoms with E-state index in [1.54, 1.807) is 36.5 Å². The lowest BCUT2D eigenvalue weighted by Gasteiger charge is -2.34. The molecule has 2 amide bonds. The van der Waals surface area contributed by atoms with Gasteiger partial charge in [0.1, 0.15) is 13.2 Å². The molecular formula is C30H46N4O6P2. The third-order valence-electron chi connectivity index (χ3n) is 6.75. The van der Waals surface area contributed by atoms with Crippen molar-refractivity contribution in [3.05, 3.63) is 71.8 Å². The maximum Gasteiger partial charge on any atom is 0.410 e. The Balaban J connectivity index is 1.75. The zero-order valence-electron chi connectivity index (χ0n) is 25.4. The number of hydrogen-bond donors (Lipinski definition) is 0. The van der Waals surface area contributed by atoms with E-state index in [0.717, 1.165) is 11.1 Å². The molecule has 0 radical (unpaired) electrons. The maximum absolute atomic E-state index is 13.2. The number of benzene rings is 2. The first-order chi connectivity index (χ1) is 19.9. The minimum absolute atomic E-state index is 0.169. The summed E-state index contributed by atoms with van der Waals surface area (Å²) >= 11 is 0. The van der Waals surface area contributed by atoms with Crippen molar-refractivity contribution in [1.29, 1.82) is 0 Å². The van der Waals surface area contributed by atoms with E-state index >= 15 is 0 Å². The molecule has 42 heavy (non-hydrogen) atoms. The zero-order chi connectivity index (χ0) is 30.6. The molecule has 2 aromatic rings. The Morgan fingerprint density at radius 3 is 1.17 bits per heavy atom. The van der Waals surface area contributed by atoms with Crippen LogP contribution in [0.1, 0.15) is 11.1 Å². The third-order valence-corrected chi connectivity index (χ3v) is 8.91. The van der Waals surface area contributed by atoms with Crippen molar-refractivity contribution in [1.82, 2.24) is 19.6 Å². The van der Waals surface area contributed by atoms with Crippen LogP contribution in [0.3, 0.4) is 0 Å². The van der Waals surface area contributed by atoms with Gasteiger partial charge in [-0.3, -0.25) is 9.80 Å². The molecular weight excluding hydrogens is 574 g/mol. The number of amides is 2.